The molecule has 2 aromatic rings. The third-order valence-electron chi connectivity index (χ3n) is 2.71. The average molecular weight is 306 g/mol. The summed E-state index contributed by atoms with van der Waals surface area (Å²) in [6.45, 7) is 0.402. The molecule has 0 atom stereocenters. The minimum absolute atomic E-state index is 0.0663. The van der Waals surface area contributed by atoms with Gasteiger partial charge in [-0.1, -0.05) is 18.2 Å². The molecule has 1 aromatic heterocycles. The van der Waals surface area contributed by atoms with E-state index >= 15 is 0 Å². The van der Waals surface area contributed by atoms with E-state index in [-0.39, 0.29) is 5.75 Å². The van der Waals surface area contributed by atoms with E-state index < -0.39 is 10.0 Å². The van der Waals surface area contributed by atoms with Crippen LogP contribution in [0.5, 0.6) is 0 Å². The highest BCUT2D eigenvalue weighted by Gasteiger charge is 2.11. The van der Waals surface area contributed by atoms with Gasteiger partial charge in [0.1, 0.15) is 0 Å². The van der Waals surface area contributed by atoms with Crippen molar-refractivity contribution in [2.75, 3.05) is 6.54 Å². The number of nitrogens with one attached hydrogen (secondary N) is 1. The van der Waals surface area contributed by atoms with E-state index in [9.17, 15) is 8.42 Å². The van der Waals surface area contributed by atoms with Crippen molar-refractivity contribution in [2.24, 2.45) is 0 Å². The molecule has 0 aliphatic rings. The van der Waals surface area contributed by atoms with E-state index in [4.69, 9.17) is 5.26 Å². The van der Waals surface area contributed by atoms with Crippen LogP contribution in [0.3, 0.4) is 0 Å². The highest BCUT2D eigenvalue weighted by Crippen LogP contribution is 2.10. The predicted molar refractivity (Wildman–Crippen MR) is 79.8 cm³/mol. The topological polar surface area (TPSA) is 70.0 Å². The lowest BCUT2D eigenvalue weighted by atomic mass is 10.2. The first-order chi connectivity index (χ1) is 9.59. The summed E-state index contributed by atoms with van der Waals surface area (Å²) in [6, 6.07) is 12.5. The number of nitrogens with zero attached hydrogens (tertiary/aromatic N) is 1. The molecule has 0 unspecified atom stereocenters. The molecule has 4 nitrogen and oxygen atoms in total. The zero-order valence-corrected chi connectivity index (χ0v) is 12.4. The molecule has 1 aromatic carbocycles. The van der Waals surface area contributed by atoms with Crippen molar-refractivity contribution in [3.8, 4) is 6.07 Å². The standard InChI is InChI=1S/C14H14N2O2S2/c15-10-12-3-5-13(6-4-12)11-20(17,18)16-8-7-14-2-1-9-19-14/h1-6,9,16H,7-8,11H2. The summed E-state index contributed by atoms with van der Waals surface area (Å²) >= 11 is 1.62. The Kier molecular flexibility index (Phi) is 4.90. The second-order valence-corrected chi connectivity index (χ2v) is 7.13. The summed E-state index contributed by atoms with van der Waals surface area (Å²) < 4.78 is 26.4. The number of sulfonamides is 1. The quantitative estimate of drug-likeness (QED) is 0.890. The molecule has 0 aliphatic heterocycles. The van der Waals surface area contributed by atoms with E-state index in [1.165, 1.54) is 0 Å². The van der Waals surface area contributed by atoms with Gasteiger partial charge in [-0.2, -0.15) is 5.26 Å². The minimum atomic E-state index is -3.34. The van der Waals surface area contributed by atoms with E-state index in [0.717, 1.165) is 4.88 Å². The molecule has 0 amide bonds. The minimum Gasteiger partial charge on any atom is -0.215 e. The van der Waals surface area contributed by atoms with Crippen LogP contribution in [0.1, 0.15) is 16.0 Å². The zero-order chi connectivity index (χ0) is 14.4. The van der Waals surface area contributed by atoms with Gasteiger partial charge in [0.15, 0.2) is 0 Å². The summed E-state index contributed by atoms with van der Waals surface area (Å²) in [6.07, 6.45) is 0.699. The lowest BCUT2D eigenvalue weighted by molar-refractivity contribution is 0.581. The number of rotatable bonds is 6. The van der Waals surface area contributed by atoms with Crippen molar-refractivity contribution < 1.29 is 8.42 Å². The van der Waals surface area contributed by atoms with Crippen molar-refractivity contribution in [2.45, 2.75) is 12.2 Å². The van der Waals surface area contributed by atoms with E-state index in [0.29, 0.717) is 24.1 Å². The molecule has 0 fully saturated rings. The van der Waals surface area contributed by atoms with Crippen molar-refractivity contribution >= 4 is 21.4 Å². The Bertz CT molecular complexity index is 684. The van der Waals surface area contributed by atoms with Gasteiger partial charge in [-0.25, -0.2) is 13.1 Å². The second kappa shape index (κ2) is 6.66. The number of hydrogen-bond donors (Lipinski definition) is 1. The maximum absolute atomic E-state index is 11.9. The molecule has 0 aliphatic carbocycles. The van der Waals surface area contributed by atoms with Crippen LogP contribution in [-0.2, 0) is 22.2 Å². The van der Waals surface area contributed by atoms with Crippen molar-refractivity contribution in [3.63, 3.8) is 0 Å². The summed E-state index contributed by atoms with van der Waals surface area (Å²) in [7, 11) is -3.34. The van der Waals surface area contributed by atoms with E-state index in [1.807, 2.05) is 23.6 Å². The molecule has 6 heteroatoms. The average Bonchev–Trinajstić information content (AvgIpc) is 2.92. The first kappa shape index (κ1) is 14.7. The summed E-state index contributed by atoms with van der Waals surface area (Å²) in [5.74, 6) is -0.0663. The van der Waals surface area contributed by atoms with Gasteiger partial charge >= 0.3 is 0 Å². The molecule has 0 saturated carbocycles. The monoisotopic (exact) mass is 306 g/mol. The second-order valence-electron chi connectivity index (χ2n) is 4.29. The van der Waals surface area contributed by atoms with Crippen LogP contribution < -0.4 is 4.72 Å². The Morgan fingerprint density at radius 1 is 1.20 bits per heavy atom. The van der Waals surface area contributed by atoms with Crippen LogP contribution in [0.2, 0.25) is 0 Å². The number of benzene rings is 1. The van der Waals surface area contributed by atoms with Crippen LogP contribution >= 0.6 is 11.3 Å². The zero-order valence-electron chi connectivity index (χ0n) is 10.7. The molecular weight excluding hydrogens is 292 g/mol. The molecule has 1 heterocycles. The normalized spacial score (nSPS) is 11.2. The maximum Gasteiger partial charge on any atom is 0.215 e. The van der Waals surface area contributed by atoms with Crippen molar-refractivity contribution in [1.82, 2.24) is 4.72 Å². The largest absolute Gasteiger partial charge is 0.215 e. The molecule has 0 spiro atoms. The molecule has 104 valence electrons. The lowest BCUT2D eigenvalue weighted by Crippen LogP contribution is -2.27. The Morgan fingerprint density at radius 2 is 1.95 bits per heavy atom. The fourth-order valence-corrected chi connectivity index (χ4v) is 3.59. The Labute approximate surface area is 122 Å². The van der Waals surface area contributed by atoms with Gasteiger partial charge in [0, 0.05) is 11.4 Å². The highest BCUT2D eigenvalue weighted by molar-refractivity contribution is 7.88. The Hall–Kier alpha value is -1.68. The number of hydrogen-bond acceptors (Lipinski definition) is 4. The first-order valence-corrected chi connectivity index (χ1v) is 8.61. The van der Waals surface area contributed by atoms with Gasteiger partial charge in [-0.3, -0.25) is 0 Å². The molecule has 0 saturated heterocycles. The smallest absolute Gasteiger partial charge is 0.215 e. The third kappa shape index (κ3) is 4.46. The SMILES string of the molecule is N#Cc1ccc(CS(=O)(=O)NCCc2cccs2)cc1. The summed E-state index contributed by atoms with van der Waals surface area (Å²) in [5.41, 5.74) is 1.20. The first-order valence-electron chi connectivity index (χ1n) is 6.08. The van der Waals surface area contributed by atoms with Gasteiger partial charge in [0.25, 0.3) is 0 Å². The Morgan fingerprint density at radius 3 is 2.55 bits per heavy atom. The van der Waals surface area contributed by atoms with Crippen LogP contribution in [-0.4, -0.2) is 15.0 Å². The lowest BCUT2D eigenvalue weighted by Gasteiger charge is -2.06. The molecule has 2 rings (SSSR count). The van der Waals surface area contributed by atoms with Gasteiger partial charge in [0.2, 0.25) is 10.0 Å². The molecule has 0 bridgehead atoms. The fraction of sp³-hybridized carbons (Fsp3) is 0.214. The van der Waals surface area contributed by atoms with Crippen LogP contribution in [0.25, 0.3) is 0 Å². The van der Waals surface area contributed by atoms with E-state index in [1.54, 1.807) is 35.6 Å². The molecule has 0 radical (unpaired) electrons. The Balaban J connectivity index is 1.88. The van der Waals surface area contributed by atoms with Crippen molar-refractivity contribution in [3.05, 3.63) is 57.8 Å². The number of nitriles is 1. The fourth-order valence-electron chi connectivity index (χ4n) is 1.73. The van der Waals surface area contributed by atoms with Gasteiger partial charge < -0.3 is 0 Å². The highest BCUT2D eigenvalue weighted by atomic mass is 32.2. The molecule has 20 heavy (non-hydrogen) atoms. The summed E-state index contributed by atoms with van der Waals surface area (Å²) in [4.78, 5) is 1.16. The molecule has 1 N–H and O–H groups in total. The van der Waals surface area contributed by atoms with Crippen LogP contribution in [0.15, 0.2) is 41.8 Å². The van der Waals surface area contributed by atoms with E-state index in [2.05, 4.69) is 4.72 Å². The summed E-state index contributed by atoms with van der Waals surface area (Å²) in [5, 5.41) is 10.7. The maximum atomic E-state index is 11.9. The van der Waals surface area contributed by atoms with Crippen molar-refractivity contribution in [1.29, 1.82) is 5.26 Å². The van der Waals surface area contributed by atoms with Gasteiger partial charge in [-0.05, 0) is 35.6 Å². The number of thiophene rings is 1. The predicted octanol–water partition coefficient (Wildman–Crippen LogP) is 2.28. The third-order valence-corrected chi connectivity index (χ3v) is 5.01. The van der Waals surface area contributed by atoms with Crippen LogP contribution in [0, 0.1) is 11.3 Å². The van der Waals surface area contributed by atoms with Gasteiger partial charge in [-0.15, -0.1) is 11.3 Å². The molecular formula is C14H14N2O2S2. The van der Waals surface area contributed by atoms with Gasteiger partial charge in [0.05, 0.1) is 17.4 Å². The van der Waals surface area contributed by atoms with Crippen LogP contribution in [0.4, 0.5) is 0 Å².